The highest BCUT2D eigenvalue weighted by Gasteiger charge is 2.25. The first-order valence-electron chi connectivity index (χ1n) is 5.38. The average Bonchev–Trinajstić information content (AvgIpc) is 2.72. The molecule has 0 atom stereocenters. The molecule has 2 amide bonds. The van der Waals surface area contributed by atoms with E-state index in [1.165, 1.54) is 11.0 Å². The number of nitrogens with one attached hydrogen (secondary N) is 1. The van der Waals surface area contributed by atoms with Gasteiger partial charge in [0.15, 0.2) is 5.76 Å². The van der Waals surface area contributed by atoms with E-state index in [-0.39, 0.29) is 18.2 Å². The normalized spacial score (nSPS) is 16.0. The number of nitro groups is 1. The van der Waals surface area contributed by atoms with Gasteiger partial charge < -0.3 is 14.6 Å². The summed E-state index contributed by atoms with van der Waals surface area (Å²) in [5, 5.41) is 13.1. The van der Waals surface area contributed by atoms with E-state index in [0.717, 1.165) is 6.07 Å². The van der Waals surface area contributed by atoms with Crippen LogP contribution >= 0.6 is 0 Å². The number of furan rings is 1. The van der Waals surface area contributed by atoms with Crippen molar-refractivity contribution in [3.63, 3.8) is 0 Å². The average molecular weight is 253 g/mol. The Morgan fingerprint density at radius 2 is 2.28 bits per heavy atom. The Kier molecular flexibility index (Phi) is 3.26. The molecule has 0 saturated carbocycles. The summed E-state index contributed by atoms with van der Waals surface area (Å²) < 4.78 is 4.81. The van der Waals surface area contributed by atoms with Gasteiger partial charge in [0.2, 0.25) is 5.91 Å². The molecule has 8 heteroatoms. The van der Waals surface area contributed by atoms with Crippen LogP contribution in [0.1, 0.15) is 17.0 Å². The molecular weight excluding hydrogens is 242 g/mol. The molecule has 0 radical (unpaired) electrons. The van der Waals surface area contributed by atoms with Gasteiger partial charge in [-0.25, -0.2) is 0 Å². The Labute approximate surface area is 102 Å². The molecule has 1 aromatic rings. The Balaban J connectivity index is 2.13. The zero-order valence-electron chi connectivity index (χ0n) is 9.42. The highest BCUT2D eigenvalue weighted by Crippen LogP contribution is 2.17. The monoisotopic (exact) mass is 253 g/mol. The minimum Gasteiger partial charge on any atom is -0.395 e. The van der Waals surface area contributed by atoms with Crippen LogP contribution < -0.4 is 5.32 Å². The van der Waals surface area contributed by atoms with Gasteiger partial charge in [0.25, 0.3) is 5.91 Å². The van der Waals surface area contributed by atoms with Gasteiger partial charge >= 0.3 is 5.88 Å². The summed E-state index contributed by atoms with van der Waals surface area (Å²) in [6, 6.07) is 2.36. The fourth-order valence-corrected chi connectivity index (χ4v) is 1.68. The van der Waals surface area contributed by atoms with Crippen molar-refractivity contribution >= 4 is 17.7 Å². The number of carbonyl (C=O) groups is 2. The molecule has 1 aliphatic rings. The van der Waals surface area contributed by atoms with Crippen molar-refractivity contribution in [2.45, 2.75) is 6.42 Å². The maximum absolute atomic E-state index is 12.0. The fraction of sp³-hybridized carbons (Fsp3) is 0.400. The number of amides is 2. The van der Waals surface area contributed by atoms with E-state index in [2.05, 4.69) is 5.32 Å². The minimum absolute atomic E-state index is 0.0622. The zero-order chi connectivity index (χ0) is 13.1. The maximum atomic E-state index is 12.0. The summed E-state index contributed by atoms with van der Waals surface area (Å²) in [7, 11) is 0. The van der Waals surface area contributed by atoms with E-state index in [1.807, 2.05) is 0 Å². The van der Waals surface area contributed by atoms with Crippen molar-refractivity contribution in [2.75, 3.05) is 19.6 Å². The molecule has 18 heavy (non-hydrogen) atoms. The van der Waals surface area contributed by atoms with Crippen LogP contribution in [0.5, 0.6) is 0 Å². The maximum Gasteiger partial charge on any atom is 0.433 e. The third-order valence-corrected chi connectivity index (χ3v) is 2.53. The summed E-state index contributed by atoms with van der Waals surface area (Å²) in [5.41, 5.74) is 0. The highest BCUT2D eigenvalue weighted by atomic mass is 16.6. The van der Waals surface area contributed by atoms with E-state index >= 15 is 0 Å². The summed E-state index contributed by atoms with van der Waals surface area (Å²) in [6.07, 6.45) is 0.639. The third-order valence-electron chi connectivity index (χ3n) is 2.53. The van der Waals surface area contributed by atoms with Crippen LogP contribution in [0.3, 0.4) is 0 Å². The molecule has 0 bridgehead atoms. The minimum atomic E-state index is -0.716. The second-order valence-corrected chi connectivity index (χ2v) is 3.83. The van der Waals surface area contributed by atoms with Crippen LogP contribution in [0.25, 0.3) is 0 Å². The van der Waals surface area contributed by atoms with Crippen LogP contribution in [0.2, 0.25) is 0 Å². The van der Waals surface area contributed by atoms with Crippen molar-refractivity contribution in [1.29, 1.82) is 0 Å². The van der Waals surface area contributed by atoms with E-state index in [9.17, 15) is 19.7 Å². The number of carbonyl (C=O) groups excluding carboxylic acids is 2. The first kappa shape index (κ1) is 12.1. The predicted octanol–water partition coefficient (Wildman–Crippen LogP) is 0.150. The van der Waals surface area contributed by atoms with E-state index in [0.29, 0.717) is 19.5 Å². The third kappa shape index (κ3) is 2.47. The Hall–Kier alpha value is -2.38. The molecule has 0 aromatic carbocycles. The van der Waals surface area contributed by atoms with Crippen LogP contribution in [0, 0.1) is 10.1 Å². The van der Waals surface area contributed by atoms with Crippen molar-refractivity contribution < 1.29 is 18.9 Å². The molecule has 0 spiro atoms. The molecule has 1 fully saturated rings. The molecule has 0 unspecified atom stereocenters. The Bertz CT molecular complexity index is 495. The number of nitrogens with zero attached hydrogens (tertiary/aromatic N) is 2. The molecule has 1 saturated heterocycles. The summed E-state index contributed by atoms with van der Waals surface area (Å²) in [5.74, 6) is -1.38. The molecule has 0 aliphatic carbocycles. The second-order valence-electron chi connectivity index (χ2n) is 3.83. The van der Waals surface area contributed by atoms with Crippen LogP contribution in [-0.4, -0.2) is 41.3 Å². The summed E-state index contributed by atoms with van der Waals surface area (Å²) in [6.45, 7) is 0.861. The van der Waals surface area contributed by atoms with Crippen LogP contribution in [0.4, 0.5) is 5.88 Å². The number of hydrogen-bond acceptors (Lipinski definition) is 5. The number of rotatable bonds is 2. The Morgan fingerprint density at radius 3 is 2.94 bits per heavy atom. The van der Waals surface area contributed by atoms with E-state index in [1.54, 1.807) is 0 Å². The van der Waals surface area contributed by atoms with Gasteiger partial charge in [0, 0.05) is 13.1 Å². The van der Waals surface area contributed by atoms with Gasteiger partial charge in [-0.05, 0) is 12.5 Å². The predicted molar refractivity (Wildman–Crippen MR) is 58.9 cm³/mol. The van der Waals surface area contributed by atoms with Crippen LogP contribution in [-0.2, 0) is 4.79 Å². The Morgan fingerprint density at radius 1 is 1.50 bits per heavy atom. The van der Waals surface area contributed by atoms with Gasteiger partial charge in [-0.15, -0.1) is 0 Å². The lowest BCUT2D eigenvalue weighted by molar-refractivity contribution is -0.402. The van der Waals surface area contributed by atoms with Gasteiger partial charge in [-0.1, -0.05) is 0 Å². The SMILES string of the molecule is O=C1CN(C(=O)c2ccc([N+](=O)[O-])o2)CCCN1. The molecule has 1 aromatic heterocycles. The lowest BCUT2D eigenvalue weighted by atomic mass is 10.3. The van der Waals surface area contributed by atoms with Gasteiger partial charge in [0.05, 0.1) is 12.6 Å². The van der Waals surface area contributed by atoms with Gasteiger partial charge in [-0.3, -0.25) is 19.7 Å². The lowest BCUT2D eigenvalue weighted by Crippen LogP contribution is -2.37. The van der Waals surface area contributed by atoms with Crippen molar-refractivity contribution in [1.82, 2.24) is 10.2 Å². The zero-order valence-corrected chi connectivity index (χ0v) is 9.42. The highest BCUT2D eigenvalue weighted by molar-refractivity contribution is 5.94. The fourth-order valence-electron chi connectivity index (χ4n) is 1.68. The van der Waals surface area contributed by atoms with E-state index in [4.69, 9.17) is 4.42 Å². The number of hydrogen-bond donors (Lipinski definition) is 1. The first-order valence-corrected chi connectivity index (χ1v) is 5.38. The molecule has 1 aliphatic heterocycles. The largest absolute Gasteiger partial charge is 0.433 e. The standard InChI is InChI=1S/C10H11N3O5/c14-8-6-12(5-1-4-11-8)10(15)7-2-3-9(18-7)13(16)17/h2-3H,1,4-6H2,(H,11,14). The molecule has 2 rings (SSSR count). The smallest absolute Gasteiger partial charge is 0.395 e. The summed E-state index contributed by atoms with van der Waals surface area (Å²) >= 11 is 0. The van der Waals surface area contributed by atoms with Crippen molar-refractivity contribution in [2.24, 2.45) is 0 Å². The van der Waals surface area contributed by atoms with Crippen molar-refractivity contribution in [3.8, 4) is 0 Å². The van der Waals surface area contributed by atoms with Gasteiger partial charge in [0.1, 0.15) is 4.92 Å². The second kappa shape index (κ2) is 4.86. The molecule has 8 nitrogen and oxygen atoms in total. The van der Waals surface area contributed by atoms with Crippen molar-refractivity contribution in [3.05, 3.63) is 28.0 Å². The van der Waals surface area contributed by atoms with E-state index < -0.39 is 16.7 Å². The lowest BCUT2D eigenvalue weighted by Gasteiger charge is -2.16. The molecule has 1 N–H and O–H groups in total. The quantitative estimate of drug-likeness (QED) is 0.596. The summed E-state index contributed by atoms with van der Waals surface area (Å²) in [4.78, 5) is 34.3. The molecule has 96 valence electrons. The topological polar surface area (TPSA) is 106 Å². The van der Waals surface area contributed by atoms with Crippen LogP contribution in [0.15, 0.2) is 16.5 Å². The molecule has 2 heterocycles. The first-order chi connectivity index (χ1) is 8.58. The molecular formula is C10H11N3O5. The van der Waals surface area contributed by atoms with Gasteiger partial charge in [-0.2, -0.15) is 0 Å².